The van der Waals surface area contributed by atoms with Crippen LogP contribution in [-0.4, -0.2) is 12.2 Å². The van der Waals surface area contributed by atoms with E-state index < -0.39 is 0 Å². The van der Waals surface area contributed by atoms with Crippen LogP contribution in [0.3, 0.4) is 0 Å². The molecule has 2 rings (SSSR count). The van der Waals surface area contributed by atoms with Gasteiger partial charge in [-0.1, -0.05) is 48.0 Å². The average Bonchev–Trinajstić information content (AvgIpc) is 2.40. The fourth-order valence-corrected chi connectivity index (χ4v) is 2.04. The number of aliphatic hydroxyl groups excluding tert-OH is 1. The number of rotatable bonds is 4. The van der Waals surface area contributed by atoms with Crippen molar-refractivity contribution in [2.24, 2.45) is 0 Å². The van der Waals surface area contributed by atoms with Crippen LogP contribution in [0.2, 0.25) is 0 Å². The lowest BCUT2D eigenvalue weighted by Crippen LogP contribution is -1.95. The molecule has 0 unspecified atom stereocenters. The van der Waals surface area contributed by atoms with Gasteiger partial charge in [-0.2, -0.15) is 0 Å². The van der Waals surface area contributed by atoms with E-state index in [2.05, 4.69) is 31.2 Å². The van der Waals surface area contributed by atoms with Crippen LogP contribution >= 0.6 is 0 Å². The maximum absolute atomic E-state index is 9.19. The minimum atomic E-state index is 0.0604. The van der Waals surface area contributed by atoms with Crippen molar-refractivity contribution in [3.8, 4) is 11.1 Å². The van der Waals surface area contributed by atoms with Gasteiger partial charge in [-0.05, 0) is 29.2 Å². The van der Waals surface area contributed by atoms with Crippen molar-refractivity contribution in [1.29, 1.82) is 0 Å². The quantitative estimate of drug-likeness (QED) is 0.891. The monoisotopic (exact) mass is 242 g/mol. The van der Waals surface area contributed by atoms with Crippen molar-refractivity contribution in [2.75, 3.05) is 7.11 Å². The Morgan fingerprint density at radius 1 is 1.06 bits per heavy atom. The summed E-state index contributed by atoms with van der Waals surface area (Å²) in [6.07, 6.45) is 0. The van der Waals surface area contributed by atoms with Gasteiger partial charge in [0.05, 0.1) is 13.2 Å². The van der Waals surface area contributed by atoms with Crippen LogP contribution in [0.4, 0.5) is 0 Å². The standard InChI is InChI=1S/C16H18O2/c1-12-3-6-14(7-4-12)16-8-5-13(10-17)9-15(16)11-18-2/h3-9,17H,10-11H2,1-2H3. The first-order chi connectivity index (χ1) is 8.74. The summed E-state index contributed by atoms with van der Waals surface area (Å²) in [5, 5.41) is 9.19. The summed E-state index contributed by atoms with van der Waals surface area (Å²) >= 11 is 0. The molecule has 0 spiro atoms. The molecule has 94 valence electrons. The number of aliphatic hydroxyl groups is 1. The van der Waals surface area contributed by atoms with E-state index in [0.717, 1.165) is 16.7 Å². The van der Waals surface area contributed by atoms with Gasteiger partial charge in [0.15, 0.2) is 0 Å². The average molecular weight is 242 g/mol. The van der Waals surface area contributed by atoms with Crippen LogP contribution in [-0.2, 0) is 18.0 Å². The number of aryl methyl sites for hydroxylation is 1. The van der Waals surface area contributed by atoms with Crippen molar-refractivity contribution >= 4 is 0 Å². The van der Waals surface area contributed by atoms with E-state index in [1.165, 1.54) is 11.1 Å². The van der Waals surface area contributed by atoms with Gasteiger partial charge in [0, 0.05) is 7.11 Å². The maximum Gasteiger partial charge on any atom is 0.0719 e. The van der Waals surface area contributed by atoms with Crippen molar-refractivity contribution in [1.82, 2.24) is 0 Å². The zero-order valence-corrected chi connectivity index (χ0v) is 10.8. The smallest absolute Gasteiger partial charge is 0.0719 e. The van der Waals surface area contributed by atoms with Gasteiger partial charge < -0.3 is 9.84 Å². The predicted molar refractivity (Wildman–Crippen MR) is 73.3 cm³/mol. The van der Waals surface area contributed by atoms with E-state index in [9.17, 15) is 5.11 Å². The van der Waals surface area contributed by atoms with Crippen LogP contribution in [0, 0.1) is 6.92 Å². The minimum absolute atomic E-state index is 0.0604. The highest BCUT2D eigenvalue weighted by atomic mass is 16.5. The molecule has 0 aliphatic carbocycles. The van der Waals surface area contributed by atoms with Gasteiger partial charge >= 0.3 is 0 Å². The SMILES string of the molecule is COCc1cc(CO)ccc1-c1ccc(C)cc1. The van der Waals surface area contributed by atoms with E-state index in [1.54, 1.807) is 7.11 Å². The number of methoxy groups -OCH3 is 1. The summed E-state index contributed by atoms with van der Waals surface area (Å²) in [6, 6.07) is 14.4. The van der Waals surface area contributed by atoms with Gasteiger partial charge in [-0.25, -0.2) is 0 Å². The highest BCUT2D eigenvalue weighted by Gasteiger charge is 2.06. The largest absolute Gasteiger partial charge is 0.392 e. The highest BCUT2D eigenvalue weighted by Crippen LogP contribution is 2.26. The molecule has 0 heterocycles. The third-order valence-electron chi connectivity index (χ3n) is 3.01. The molecule has 2 heteroatoms. The van der Waals surface area contributed by atoms with Crippen LogP contribution in [0.25, 0.3) is 11.1 Å². The van der Waals surface area contributed by atoms with Crippen LogP contribution < -0.4 is 0 Å². The number of benzene rings is 2. The third kappa shape index (κ3) is 2.78. The molecular weight excluding hydrogens is 224 g/mol. The Bertz CT molecular complexity index is 515. The molecule has 0 aliphatic heterocycles. The first-order valence-corrected chi connectivity index (χ1v) is 6.03. The highest BCUT2D eigenvalue weighted by molar-refractivity contribution is 5.68. The molecule has 0 aliphatic rings. The number of hydrogen-bond donors (Lipinski definition) is 1. The van der Waals surface area contributed by atoms with Gasteiger partial charge in [0.25, 0.3) is 0 Å². The normalized spacial score (nSPS) is 10.6. The van der Waals surface area contributed by atoms with Crippen LogP contribution in [0.5, 0.6) is 0 Å². The molecule has 18 heavy (non-hydrogen) atoms. The Morgan fingerprint density at radius 2 is 1.78 bits per heavy atom. The molecule has 0 atom stereocenters. The summed E-state index contributed by atoms with van der Waals surface area (Å²) in [7, 11) is 1.69. The molecule has 2 aromatic rings. The van der Waals surface area contributed by atoms with E-state index >= 15 is 0 Å². The summed E-state index contributed by atoms with van der Waals surface area (Å²) in [5.41, 5.74) is 5.61. The lowest BCUT2D eigenvalue weighted by molar-refractivity contribution is 0.185. The second-order valence-electron chi connectivity index (χ2n) is 4.45. The topological polar surface area (TPSA) is 29.5 Å². The molecule has 0 bridgehead atoms. The molecule has 1 N–H and O–H groups in total. The van der Waals surface area contributed by atoms with Crippen molar-refractivity contribution in [2.45, 2.75) is 20.1 Å². The first kappa shape index (κ1) is 12.8. The van der Waals surface area contributed by atoms with E-state index in [-0.39, 0.29) is 6.61 Å². The summed E-state index contributed by atoms with van der Waals surface area (Å²) in [5.74, 6) is 0. The van der Waals surface area contributed by atoms with E-state index in [1.807, 2.05) is 18.2 Å². The van der Waals surface area contributed by atoms with Gasteiger partial charge in [-0.15, -0.1) is 0 Å². The zero-order valence-electron chi connectivity index (χ0n) is 10.8. The Labute approximate surface area is 108 Å². The van der Waals surface area contributed by atoms with Crippen LogP contribution in [0.15, 0.2) is 42.5 Å². The Hall–Kier alpha value is -1.64. The van der Waals surface area contributed by atoms with Crippen molar-refractivity contribution in [3.05, 3.63) is 59.2 Å². The molecule has 0 saturated carbocycles. The maximum atomic E-state index is 9.19. The van der Waals surface area contributed by atoms with Crippen molar-refractivity contribution in [3.63, 3.8) is 0 Å². The molecule has 0 fully saturated rings. The minimum Gasteiger partial charge on any atom is -0.392 e. The molecule has 0 aromatic heterocycles. The lowest BCUT2D eigenvalue weighted by Gasteiger charge is -2.11. The fourth-order valence-electron chi connectivity index (χ4n) is 2.04. The van der Waals surface area contributed by atoms with E-state index in [4.69, 9.17) is 4.74 Å². The number of ether oxygens (including phenoxy) is 1. The Kier molecular flexibility index (Phi) is 4.13. The van der Waals surface area contributed by atoms with Gasteiger partial charge in [0.1, 0.15) is 0 Å². The molecule has 0 saturated heterocycles. The fraction of sp³-hybridized carbons (Fsp3) is 0.250. The third-order valence-corrected chi connectivity index (χ3v) is 3.01. The van der Waals surface area contributed by atoms with Crippen LogP contribution in [0.1, 0.15) is 16.7 Å². The predicted octanol–water partition coefficient (Wildman–Crippen LogP) is 3.30. The number of hydrogen-bond acceptors (Lipinski definition) is 2. The molecular formula is C16H18O2. The van der Waals surface area contributed by atoms with Gasteiger partial charge in [0.2, 0.25) is 0 Å². The summed E-state index contributed by atoms with van der Waals surface area (Å²) in [6.45, 7) is 2.69. The summed E-state index contributed by atoms with van der Waals surface area (Å²) < 4.78 is 5.23. The molecule has 2 nitrogen and oxygen atoms in total. The molecule has 0 amide bonds. The molecule has 0 radical (unpaired) electrons. The Morgan fingerprint density at radius 3 is 2.39 bits per heavy atom. The Balaban J connectivity index is 2.45. The second-order valence-corrected chi connectivity index (χ2v) is 4.45. The first-order valence-electron chi connectivity index (χ1n) is 6.03. The lowest BCUT2D eigenvalue weighted by atomic mass is 9.97. The summed E-state index contributed by atoms with van der Waals surface area (Å²) in [4.78, 5) is 0. The van der Waals surface area contributed by atoms with E-state index in [0.29, 0.717) is 6.61 Å². The zero-order chi connectivity index (χ0) is 13.0. The molecule has 2 aromatic carbocycles. The van der Waals surface area contributed by atoms with Gasteiger partial charge in [-0.3, -0.25) is 0 Å². The second kappa shape index (κ2) is 5.80. The van der Waals surface area contributed by atoms with Crippen molar-refractivity contribution < 1.29 is 9.84 Å².